The van der Waals surface area contributed by atoms with E-state index in [1.807, 2.05) is 0 Å². The zero-order valence-electron chi connectivity index (χ0n) is 28.7. The maximum absolute atomic E-state index is 11.2. The molecule has 0 aliphatic carbocycles. The van der Waals surface area contributed by atoms with Crippen molar-refractivity contribution < 1.29 is 10.2 Å². The summed E-state index contributed by atoms with van der Waals surface area (Å²) < 4.78 is 0. The zero-order valence-corrected chi connectivity index (χ0v) is 28.7. The Bertz CT molecular complexity index is 1080. The van der Waals surface area contributed by atoms with E-state index < -0.39 is 0 Å². The van der Waals surface area contributed by atoms with Crippen molar-refractivity contribution in [2.75, 3.05) is 13.1 Å². The molecule has 4 unspecified atom stereocenters. The third kappa shape index (κ3) is 7.72. The van der Waals surface area contributed by atoms with Gasteiger partial charge >= 0.3 is 0 Å². The maximum atomic E-state index is 11.2. The maximum Gasteiger partial charge on any atom is 0.122 e. The second kappa shape index (κ2) is 15.6. The van der Waals surface area contributed by atoms with Crippen LogP contribution >= 0.6 is 0 Å². The average Bonchev–Trinajstić information content (AvgIpc) is 2.98. The van der Waals surface area contributed by atoms with Gasteiger partial charge in [0.25, 0.3) is 0 Å². The van der Waals surface area contributed by atoms with Crippen LogP contribution in [0.5, 0.6) is 11.5 Å². The van der Waals surface area contributed by atoms with Gasteiger partial charge in [0.2, 0.25) is 0 Å². The number of benzene rings is 2. The minimum absolute atomic E-state index is 0.362. The monoisotopic (exact) mass is 578 g/mol. The molecule has 1 aliphatic rings. The Balaban J connectivity index is 1.96. The zero-order chi connectivity index (χ0) is 31.1. The topological polar surface area (TPSA) is 46.9 Å². The second-order valence-electron chi connectivity index (χ2n) is 13.5. The van der Waals surface area contributed by atoms with Gasteiger partial charge in [0, 0.05) is 38.3 Å². The lowest BCUT2D eigenvalue weighted by Crippen LogP contribution is -2.57. The molecule has 0 spiro atoms. The summed E-state index contributed by atoms with van der Waals surface area (Å²) in [6, 6.07) is 5.45. The van der Waals surface area contributed by atoms with Crippen molar-refractivity contribution in [1.29, 1.82) is 0 Å². The third-order valence-corrected chi connectivity index (χ3v) is 10.6. The number of piperazine rings is 1. The van der Waals surface area contributed by atoms with E-state index in [0.29, 0.717) is 35.4 Å². The van der Waals surface area contributed by atoms with Crippen molar-refractivity contribution in [1.82, 2.24) is 9.80 Å². The molecule has 42 heavy (non-hydrogen) atoms. The van der Waals surface area contributed by atoms with Crippen molar-refractivity contribution >= 4 is 0 Å². The number of aromatic hydroxyl groups is 2. The molecule has 3 rings (SSSR count). The van der Waals surface area contributed by atoms with Gasteiger partial charge in [0.1, 0.15) is 11.5 Å². The number of unbranched alkanes of at least 4 members (excludes halogenated alkanes) is 2. The van der Waals surface area contributed by atoms with Gasteiger partial charge in [-0.15, -0.1) is 0 Å². The summed E-state index contributed by atoms with van der Waals surface area (Å²) in [7, 11) is 0. The summed E-state index contributed by atoms with van der Waals surface area (Å²) in [5.74, 6) is 1.73. The van der Waals surface area contributed by atoms with Crippen molar-refractivity contribution in [3.05, 3.63) is 56.6 Å². The number of aryl methyl sites for hydroxylation is 2. The Kier molecular flexibility index (Phi) is 12.8. The number of nitrogens with zero attached hydrogens (tertiary/aromatic N) is 2. The quantitative estimate of drug-likeness (QED) is 0.234. The molecule has 4 atom stereocenters. The van der Waals surface area contributed by atoms with E-state index in [2.05, 4.69) is 91.2 Å². The van der Waals surface area contributed by atoms with Gasteiger partial charge in [0.15, 0.2) is 0 Å². The van der Waals surface area contributed by atoms with Gasteiger partial charge in [-0.3, -0.25) is 9.80 Å². The van der Waals surface area contributed by atoms with Gasteiger partial charge in [-0.1, -0.05) is 79.4 Å². The molecule has 0 saturated carbocycles. The van der Waals surface area contributed by atoms with E-state index in [1.54, 1.807) is 0 Å². The number of phenolic OH excluding ortho intramolecular Hbond substituents is 2. The molecule has 1 saturated heterocycles. The van der Waals surface area contributed by atoms with Crippen LogP contribution in [0.15, 0.2) is 12.1 Å². The molecule has 4 nitrogen and oxygen atoms in total. The van der Waals surface area contributed by atoms with E-state index >= 15 is 0 Å². The number of phenols is 2. The minimum atomic E-state index is 0.362. The van der Waals surface area contributed by atoms with Gasteiger partial charge in [0.05, 0.1) is 0 Å². The summed E-state index contributed by atoms with van der Waals surface area (Å²) in [5, 5.41) is 22.4. The Morgan fingerprint density at radius 1 is 0.667 bits per heavy atom. The molecule has 2 aromatic carbocycles. The first-order chi connectivity index (χ1) is 20.0. The predicted molar refractivity (Wildman–Crippen MR) is 180 cm³/mol. The summed E-state index contributed by atoms with van der Waals surface area (Å²) in [4.78, 5) is 5.49. The lowest BCUT2D eigenvalue weighted by molar-refractivity contribution is 0.00935. The number of hydrogen-bond donors (Lipinski definition) is 2. The molecule has 2 N–H and O–H groups in total. The van der Waals surface area contributed by atoms with Crippen LogP contribution in [0.3, 0.4) is 0 Å². The number of hydrogen-bond acceptors (Lipinski definition) is 4. The van der Waals surface area contributed by atoms with Crippen molar-refractivity contribution in [3.63, 3.8) is 0 Å². The van der Waals surface area contributed by atoms with Crippen LogP contribution in [-0.4, -0.2) is 45.2 Å². The summed E-state index contributed by atoms with van der Waals surface area (Å²) in [6.07, 6.45) is 9.31. The van der Waals surface area contributed by atoms with E-state index in [9.17, 15) is 10.2 Å². The highest BCUT2D eigenvalue weighted by molar-refractivity contribution is 5.51. The first-order valence-corrected chi connectivity index (χ1v) is 17.1. The lowest BCUT2D eigenvalue weighted by Gasteiger charge is -2.47. The fourth-order valence-electron chi connectivity index (χ4n) is 7.06. The Hall–Kier alpha value is -2.04. The van der Waals surface area contributed by atoms with Crippen LogP contribution in [0.1, 0.15) is 149 Å². The summed E-state index contributed by atoms with van der Waals surface area (Å²) in [6.45, 7) is 26.0. The summed E-state index contributed by atoms with van der Waals surface area (Å²) >= 11 is 0. The molecule has 4 heteroatoms. The molecule has 1 heterocycles. The van der Waals surface area contributed by atoms with Crippen molar-refractivity contribution in [2.45, 2.75) is 158 Å². The number of rotatable bonds is 14. The van der Waals surface area contributed by atoms with Crippen LogP contribution in [0.4, 0.5) is 0 Å². The van der Waals surface area contributed by atoms with E-state index in [1.165, 1.54) is 60.8 Å². The highest BCUT2D eigenvalue weighted by atomic mass is 16.3. The van der Waals surface area contributed by atoms with Crippen LogP contribution in [0.25, 0.3) is 0 Å². The molecule has 0 aromatic heterocycles. The van der Waals surface area contributed by atoms with E-state index in [0.717, 1.165) is 61.3 Å². The smallest absolute Gasteiger partial charge is 0.122 e. The highest BCUT2D eigenvalue weighted by Gasteiger charge is 2.34. The molecule has 0 radical (unpaired) electrons. The van der Waals surface area contributed by atoms with E-state index in [-0.39, 0.29) is 0 Å². The Labute approximate surface area is 258 Å². The van der Waals surface area contributed by atoms with Crippen LogP contribution in [-0.2, 0) is 13.1 Å². The Morgan fingerprint density at radius 3 is 1.33 bits per heavy atom. The normalized spacial score (nSPS) is 19.8. The van der Waals surface area contributed by atoms with Crippen LogP contribution in [0.2, 0.25) is 0 Å². The van der Waals surface area contributed by atoms with Crippen molar-refractivity contribution in [2.24, 2.45) is 0 Å². The fourth-order valence-corrected chi connectivity index (χ4v) is 7.06. The molecule has 236 valence electrons. The SMILES string of the molecule is CCCCC1CN(Cc2c(C)cc(C(C)CC)c(O)c2C)C(CCCC)CN1Cc1c(C)cc(C(C)CC)c(O)c1C. The average molecular weight is 579 g/mol. The van der Waals surface area contributed by atoms with Gasteiger partial charge in [-0.25, -0.2) is 0 Å². The lowest BCUT2D eigenvalue weighted by atomic mass is 9.88. The van der Waals surface area contributed by atoms with Crippen LogP contribution < -0.4 is 0 Å². The third-order valence-electron chi connectivity index (χ3n) is 10.6. The second-order valence-corrected chi connectivity index (χ2v) is 13.5. The van der Waals surface area contributed by atoms with E-state index in [4.69, 9.17) is 0 Å². The minimum Gasteiger partial charge on any atom is -0.507 e. The summed E-state index contributed by atoms with van der Waals surface area (Å²) in [5.41, 5.74) is 9.55. The molecule has 2 aromatic rings. The van der Waals surface area contributed by atoms with Gasteiger partial charge < -0.3 is 10.2 Å². The first kappa shape index (κ1) is 34.5. The predicted octanol–water partition coefficient (Wildman–Crippen LogP) is 9.79. The van der Waals surface area contributed by atoms with Gasteiger partial charge in [-0.2, -0.15) is 0 Å². The standard InChI is InChI=1S/C38H62N2O2/c1-11-15-17-31-21-40(24-36-28(8)20-34(26(6)14-4)38(42)30(36)10)32(18-16-12-2)22-39(31)23-35-27(7)19-33(25(5)13-3)37(41)29(35)9/h19-20,25-26,31-32,41-42H,11-18,21-24H2,1-10H3. The molecule has 1 fully saturated rings. The first-order valence-electron chi connectivity index (χ1n) is 17.1. The Morgan fingerprint density at radius 2 is 1.02 bits per heavy atom. The molecule has 0 amide bonds. The molecular weight excluding hydrogens is 516 g/mol. The largest absolute Gasteiger partial charge is 0.507 e. The molecule has 0 bridgehead atoms. The van der Waals surface area contributed by atoms with Crippen LogP contribution in [0, 0.1) is 27.7 Å². The van der Waals surface area contributed by atoms with Crippen molar-refractivity contribution in [3.8, 4) is 11.5 Å². The van der Waals surface area contributed by atoms with Gasteiger partial charge in [-0.05, 0) is 110 Å². The highest BCUT2D eigenvalue weighted by Crippen LogP contribution is 2.38. The molecular formula is C38H62N2O2. The molecule has 1 aliphatic heterocycles. The fraction of sp³-hybridized carbons (Fsp3) is 0.684.